The number of halogens is 2. The average Bonchev–Trinajstić information content (AvgIpc) is 3.33. The van der Waals surface area contributed by atoms with E-state index in [1.807, 2.05) is 18.2 Å². The molecule has 8 heteroatoms. The Labute approximate surface area is 189 Å². The summed E-state index contributed by atoms with van der Waals surface area (Å²) in [5.41, 5.74) is 4.07. The molecule has 0 saturated carbocycles. The molecule has 1 aliphatic carbocycles. The molecular formula is C22H24BrClN4O2. The molecular weight excluding hydrogens is 468 g/mol. The van der Waals surface area contributed by atoms with Crippen LogP contribution >= 0.6 is 27.5 Å². The highest BCUT2D eigenvalue weighted by molar-refractivity contribution is 9.10. The van der Waals surface area contributed by atoms with Crippen molar-refractivity contribution in [1.29, 1.82) is 0 Å². The minimum Gasteiger partial charge on any atom is -0.481 e. The fourth-order valence-electron chi connectivity index (χ4n) is 5.18. The first-order valence-electron chi connectivity index (χ1n) is 10.3. The van der Waals surface area contributed by atoms with E-state index >= 15 is 0 Å². The lowest BCUT2D eigenvalue weighted by atomic mass is 9.93. The summed E-state index contributed by atoms with van der Waals surface area (Å²) in [5.74, 6) is 0.677. The quantitative estimate of drug-likeness (QED) is 0.671. The number of carbonyl (C=O) groups excluding carboxylic acids is 1. The third-order valence-corrected chi connectivity index (χ3v) is 7.94. The van der Waals surface area contributed by atoms with E-state index in [0.29, 0.717) is 10.9 Å². The first kappa shape index (κ1) is 20.1. The van der Waals surface area contributed by atoms with Crippen molar-refractivity contribution in [3.8, 4) is 17.1 Å². The molecule has 1 aromatic heterocycles. The molecule has 1 spiro atoms. The SMILES string of the molecule is COc1nc(-c2cccc(Br)c2Cl)cc2c1C(N1CC[C@]3(CCNC(=O)N3)C1)CC2. The summed E-state index contributed by atoms with van der Waals surface area (Å²) in [7, 11) is 1.68. The number of urea groups is 1. The van der Waals surface area contributed by atoms with Crippen LogP contribution in [0.25, 0.3) is 11.3 Å². The largest absolute Gasteiger partial charge is 0.481 e. The highest BCUT2D eigenvalue weighted by Crippen LogP contribution is 2.45. The molecule has 3 heterocycles. The first-order chi connectivity index (χ1) is 14.5. The Balaban J connectivity index is 1.47. The summed E-state index contributed by atoms with van der Waals surface area (Å²) in [6, 6.07) is 8.24. The number of hydrogen-bond donors (Lipinski definition) is 2. The van der Waals surface area contributed by atoms with Gasteiger partial charge in [0.25, 0.3) is 0 Å². The van der Waals surface area contributed by atoms with Crippen LogP contribution in [0.5, 0.6) is 5.88 Å². The maximum Gasteiger partial charge on any atom is 0.315 e. The van der Waals surface area contributed by atoms with Gasteiger partial charge in [0.15, 0.2) is 0 Å². The third kappa shape index (κ3) is 3.37. The normalized spacial score (nSPS) is 25.8. The van der Waals surface area contributed by atoms with Crippen LogP contribution < -0.4 is 15.4 Å². The molecule has 0 bridgehead atoms. The fourth-order valence-corrected chi connectivity index (χ4v) is 5.77. The molecule has 3 aliphatic rings. The van der Waals surface area contributed by atoms with Gasteiger partial charge in [0, 0.05) is 41.3 Å². The molecule has 6 nitrogen and oxygen atoms in total. The fraction of sp³-hybridized carbons (Fsp3) is 0.455. The number of aromatic nitrogens is 1. The van der Waals surface area contributed by atoms with E-state index in [2.05, 4.69) is 37.5 Å². The first-order valence-corrected chi connectivity index (χ1v) is 11.5. The summed E-state index contributed by atoms with van der Waals surface area (Å²) in [4.78, 5) is 19.2. The highest BCUT2D eigenvalue weighted by atomic mass is 79.9. The Morgan fingerprint density at radius 1 is 1.37 bits per heavy atom. The Morgan fingerprint density at radius 3 is 3.03 bits per heavy atom. The van der Waals surface area contributed by atoms with Crippen LogP contribution in [-0.2, 0) is 6.42 Å². The predicted octanol–water partition coefficient (Wildman–Crippen LogP) is 4.31. The summed E-state index contributed by atoms with van der Waals surface area (Å²) < 4.78 is 6.61. The van der Waals surface area contributed by atoms with E-state index in [0.717, 1.165) is 61.0 Å². The number of nitrogens with one attached hydrogen (secondary N) is 2. The number of likely N-dealkylation sites (tertiary alicyclic amines) is 1. The number of hydrogen-bond acceptors (Lipinski definition) is 4. The maximum absolute atomic E-state index is 11.9. The van der Waals surface area contributed by atoms with Crippen LogP contribution in [0, 0.1) is 0 Å². The standard InChI is InChI=1S/C22H24BrClN4O2/c1-30-20-18-13(11-16(26-20)14-3-2-4-15(23)19(14)24)5-6-17(18)28-10-8-22(12-28)7-9-25-21(29)27-22/h2-4,11,17H,5-10,12H2,1H3,(H2,25,27,29)/t17?,22-/m1/s1. The Bertz CT molecular complexity index is 1020. The van der Waals surface area contributed by atoms with Gasteiger partial charge in [-0.25, -0.2) is 9.78 Å². The van der Waals surface area contributed by atoms with Crippen LogP contribution in [0.4, 0.5) is 4.79 Å². The number of methoxy groups -OCH3 is 1. The third-order valence-electron chi connectivity index (χ3n) is 6.64. The minimum absolute atomic E-state index is 0.0512. The summed E-state index contributed by atoms with van der Waals surface area (Å²) in [5, 5.41) is 6.71. The number of carbonyl (C=O) groups is 1. The molecule has 1 unspecified atom stereocenters. The van der Waals surface area contributed by atoms with Gasteiger partial charge in [-0.3, -0.25) is 4.90 Å². The second kappa shape index (κ2) is 7.70. The van der Waals surface area contributed by atoms with Crippen LogP contribution in [0.1, 0.15) is 36.4 Å². The van der Waals surface area contributed by atoms with E-state index in [9.17, 15) is 4.79 Å². The van der Waals surface area contributed by atoms with Gasteiger partial charge in [0.05, 0.1) is 23.4 Å². The summed E-state index contributed by atoms with van der Waals surface area (Å²) in [6.07, 6.45) is 3.96. The van der Waals surface area contributed by atoms with Gasteiger partial charge >= 0.3 is 6.03 Å². The van der Waals surface area contributed by atoms with Gasteiger partial charge in [0.2, 0.25) is 5.88 Å². The molecule has 1 aromatic carbocycles. The molecule has 30 heavy (non-hydrogen) atoms. The second-order valence-corrected chi connectivity index (χ2v) is 9.61. The number of benzene rings is 1. The molecule has 2 aliphatic heterocycles. The molecule has 5 rings (SSSR count). The summed E-state index contributed by atoms with van der Waals surface area (Å²) in [6.45, 7) is 2.57. The topological polar surface area (TPSA) is 66.5 Å². The number of rotatable bonds is 3. The lowest BCUT2D eigenvalue weighted by molar-refractivity contribution is 0.187. The van der Waals surface area contributed by atoms with Crippen molar-refractivity contribution < 1.29 is 9.53 Å². The van der Waals surface area contributed by atoms with E-state index in [4.69, 9.17) is 21.3 Å². The zero-order chi connectivity index (χ0) is 20.9. The molecule has 0 radical (unpaired) electrons. The van der Waals surface area contributed by atoms with Crippen molar-refractivity contribution in [2.45, 2.75) is 37.3 Å². The van der Waals surface area contributed by atoms with Gasteiger partial charge in [0.1, 0.15) is 0 Å². The van der Waals surface area contributed by atoms with Gasteiger partial charge in [-0.2, -0.15) is 0 Å². The van der Waals surface area contributed by atoms with Crippen molar-refractivity contribution in [3.63, 3.8) is 0 Å². The minimum atomic E-state index is -0.116. The Morgan fingerprint density at radius 2 is 2.23 bits per heavy atom. The summed E-state index contributed by atoms with van der Waals surface area (Å²) >= 11 is 10.0. The monoisotopic (exact) mass is 490 g/mol. The van der Waals surface area contributed by atoms with Crippen molar-refractivity contribution in [3.05, 3.63) is 44.9 Å². The smallest absolute Gasteiger partial charge is 0.315 e. The van der Waals surface area contributed by atoms with E-state index in [1.165, 1.54) is 11.1 Å². The molecule has 2 N–H and O–H groups in total. The predicted molar refractivity (Wildman–Crippen MR) is 120 cm³/mol. The van der Waals surface area contributed by atoms with Crippen LogP contribution in [0.15, 0.2) is 28.7 Å². The molecule has 2 aromatic rings. The van der Waals surface area contributed by atoms with Crippen LogP contribution in [-0.4, -0.2) is 48.2 Å². The highest BCUT2D eigenvalue weighted by Gasteiger charge is 2.45. The van der Waals surface area contributed by atoms with Crippen molar-refractivity contribution >= 4 is 33.6 Å². The van der Waals surface area contributed by atoms with E-state index < -0.39 is 0 Å². The number of amides is 2. The number of fused-ring (bicyclic) bond motifs is 1. The average molecular weight is 492 g/mol. The number of aryl methyl sites for hydroxylation is 1. The van der Waals surface area contributed by atoms with Gasteiger partial charge in [-0.15, -0.1) is 0 Å². The van der Waals surface area contributed by atoms with Crippen molar-refractivity contribution in [2.75, 3.05) is 26.7 Å². The zero-order valence-electron chi connectivity index (χ0n) is 16.8. The Hall–Kier alpha value is -1.83. The zero-order valence-corrected chi connectivity index (χ0v) is 19.1. The Kier molecular flexibility index (Phi) is 5.16. The van der Waals surface area contributed by atoms with E-state index in [-0.39, 0.29) is 17.6 Å². The molecule has 158 valence electrons. The van der Waals surface area contributed by atoms with Gasteiger partial charge in [-0.1, -0.05) is 23.7 Å². The lowest BCUT2D eigenvalue weighted by Gasteiger charge is -2.36. The van der Waals surface area contributed by atoms with Crippen molar-refractivity contribution in [2.24, 2.45) is 0 Å². The van der Waals surface area contributed by atoms with Crippen molar-refractivity contribution in [1.82, 2.24) is 20.5 Å². The molecule has 2 saturated heterocycles. The molecule has 2 fully saturated rings. The maximum atomic E-state index is 11.9. The van der Waals surface area contributed by atoms with Crippen LogP contribution in [0.2, 0.25) is 5.02 Å². The van der Waals surface area contributed by atoms with E-state index in [1.54, 1.807) is 7.11 Å². The van der Waals surface area contributed by atoms with Gasteiger partial charge in [-0.05, 0) is 59.3 Å². The second-order valence-electron chi connectivity index (χ2n) is 8.38. The number of nitrogens with zero attached hydrogens (tertiary/aromatic N) is 2. The lowest BCUT2D eigenvalue weighted by Crippen LogP contribution is -2.59. The molecule has 2 amide bonds. The van der Waals surface area contributed by atoms with Gasteiger partial charge < -0.3 is 15.4 Å². The van der Waals surface area contributed by atoms with Crippen LogP contribution in [0.3, 0.4) is 0 Å². The number of pyridine rings is 1. The molecule has 2 atom stereocenters. The number of ether oxygens (including phenoxy) is 1.